The van der Waals surface area contributed by atoms with Gasteiger partial charge in [0.25, 0.3) is 0 Å². The molecule has 66 valence electrons. The number of fused-ring (bicyclic) bond motifs is 4. The lowest BCUT2D eigenvalue weighted by Gasteiger charge is -2.32. The summed E-state index contributed by atoms with van der Waals surface area (Å²) in [5, 5.41) is 0. The summed E-state index contributed by atoms with van der Waals surface area (Å²) in [6, 6.07) is 8.96. The Bertz CT molecular complexity index is 349. The van der Waals surface area contributed by atoms with Gasteiger partial charge >= 0.3 is 0 Å². The molecule has 0 fully saturated rings. The van der Waals surface area contributed by atoms with Gasteiger partial charge in [0.1, 0.15) is 0 Å². The van der Waals surface area contributed by atoms with E-state index in [1.54, 1.807) is 11.1 Å². The smallest absolute Gasteiger partial charge is 0.0119 e. The van der Waals surface area contributed by atoms with Gasteiger partial charge in [0, 0.05) is 0 Å². The zero-order valence-electron chi connectivity index (χ0n) is 7.74. The van der Waals surface area contributed by atoms with Gasteiger partial charge in [0.2, 0.25) is 0 Å². The molecule has 0 N–H and O–H groups in total. The monoisotopic (exact) mass is 170 g/mol. The van der Waals surface area contributed by atoms with Gasteiger partial charge in [-0.1, -0.05) is 36.4 Å². The van der Waals surface area contributed by atoms with Gasteiger partial charge in [-0.2, -0.15) is 0 Å². The van der Waals surface area contributed by atoms with Crippen molar-refractivity contribution in [1.82, 2.24) is 0 Å². The fraction of sp³-hybridized carbons (Fsp3) is 0.385. The van der Waals surface area contributed by atoms with Crippen molar-refractivity contribution in [2.45, 2.75) is 25.2 Å². The van der Waals surface area contributed by atoms with Crippen LogP contribution in [-0.2, 0) is 6.42 Å². The van der Waals surface area contributed by atoms with Crippen LogP contribution in [0.25, 0.3) is 0 Å². The van der Waals surface area contributed by atoms with E-state index < -0.39 is 0 Å². The Labute approximate surface area is 79.3 Å². The molecule has 2 atom stereocenters. The minimum Gasteiger partial charge on any atom is -0.0876 e. The lowest BCUT2D eigenvalue weighted by atomic mass is 9.72. The summed E-state index contributed by atoms with van der Waals surface area (Å²) in [4.78, 5) is 0. The second kappa shape index (κ2) is 2.73. The molecular formula is C13H14. The molecule has 0 nitrogen and oxygen atoms in total. The summed E-state index contributed by atoms with van der Waals surface area (Å²) < 4.78 is 0. The molecule has 2 bridgehead atoms. The van der Waals surface area contributed by atoms with Crippen LogP contribution in [0.15, 0.2) is 36.4 Å². The van der Waals surface area contributed by atoms with Crippen LogP contribution in [0.1, 0.15) is 29.9 Å². The van der Waals surface area contributed by atoms with E-state index in [0.29, 0.717) is 0 Å². The first kappa shape index (κ1) is 7.37. The third kappa shape index (κ3) is 1.13. The number of hydrogen-bond donors (Lipinski definition) is 0. The molecule has 0 saturated carbocycles. The standard InChI is InChI=1S/C13H14/c1-2-7-13-11(5-1)8-10-4-3-6-12(13)9-10/h1-5,7,10,12H,6,8-9H2. The average Bonchev–Trinajstić information content (AvgIpc) is 2.18. The predicted octanol–water partition coefficient (Wildman–Crippen LogP) is 3.29. The lowest BCUT2D eigenvalue weighted by molar-refractivity contribution is 0.449. The molecule has 2 aliphatic carbocycles. The molecule has 0 radical (unpaired) electrons. The van der Waals surface area contributed by atoms with Gasteiger partial charge in [0.15, 0.2) is 0 Å². The van der Waals surface area contributed by atoms with Crippen LogP contribution in [0.4, 0.5) is 0 Å². The Balaban J connectivity index is 2.10. The maximum absolute atomic E-state index is 2.41. The molecule has 0 aliphatic heterocycles. The second-order valence-corrected chi connectivity index (χ2v) is 4.26. The Kier molecular flexibility index (Phi) is 1.55. The first-order valence-corrected chi connectivity index (χ1v) is 5.18. The SMILES string of the molecule is C1=CC2Cc3ccccc3C(C1)C2. The van der Waals surface area contributed by atoms with Crippen molar-refractivity contribution in [3.63, 3.8) is 0 Å². The van der Waals surface area contributed by atoms with E-state index in [-0.39, 0.29) is 0 Å². The highest BCUT2D eigenvalue weighted by molar-refractivity contribution is 5.35. The van der Waals surface area contributed by atoms with Crippen LogP contribution in [0, 0.1) is 5.92 Å². The summed E-state index contributed by atoms with van der Waals surface area (Å²) in [5.41, 5.74) is 3.20. The van der Waals surface area contributed by atoms with Crippen LogP contribution in [0.2, 0.25) is 0 Å². The number of allylic oxidation sites excluding steroid dienone is 2. The summed E-state index contributed by atoms with van der Waals surface area (Å²) in [7, 11) is 0. The third-order valence-electron chi connectivity index (χ3n) is 3.39. The van der Waals surface area contributed by atoms with E-state index in [4.69, 9.17) is 0 Å². The minimum atomic E-state index is 0.819. The highest BCUT2D eigenvalue weighted by Gasteiger charge is 2.26. The van der Waals surface area contributed by atoms with Gasteiger partial charge in [-0.25, -0.2) is 0 Å². The number of benzene rings is 1. The average molecular weight is 170 g/mol. The quantitative estimate of drug-likeness (QED) is 0.524. The van der Waals surface area contributed by atoms with E-state index in [1.807, 2.05) is 0 Å². The van der Waals surface area contributed by atoms with Crippen LogP contribution in [0.3, 0.4) is 0 Å². The molecule has 0 heterocycles. The summed E-state index contributed by atoms with van der Waals surface area (Å²) >= 11 is 0. The molecule has 13 heavy (non-hydrogen) atoms. The Morgan fingerprint density at radius 1 is 1.15 bits per heavy atom. The Morgan fingerprint density at radius 2 is 2.08 bits per heavy atom. The third-order valence-corrected chi connectivity index (χ3v) is 3.39. The van der Waals surface area contributed by atoms with Crippen molar-refractivity contribution in [2.75, 3.05) is 0 Å². The zero-order valence-corrected chi connectivity index (χ0v) is 7.74. The summed E-state index contributed by atoms with van der Waals surface area (Å²) in [6.45, 7) is 0. The summed E-state index contributed by atoms with van der Waals surface area (Å²) in [6.07, 6.45) is 8.69. The van der Waals surface area contributed by atoms with Gasteiger partial charge in [-0.05, 0) is 42.2 Å². The highest BCUT2D eigenvalue weighted by atomic mass is 14.3. The van der Waals surface area contributed by atoms with Crippen molar-refractivity contribution in [3.8, 4) is 0 Å². The minimum absolute atomic E-state index is 0.819. The van der Waals surface area contributed by atoms with Crippen LogP contribution in [0.5, 0.6) is 0 Å². The molecule has 0 spiro atoms. The molecule has 0 heteroatoms. The highest BCUT2D eigenvalue weighted by Crippen LogP contribution is 2.40. The fourth-order valence-electron chi connectivity index (χ4n) is 2.78. The Morgan fingerprint density at radius 3 is 3.08 bits per heavy atom. The van der Waals surface area contributed by atoms with Crippen LogP contribution < -0.4 is 0 Å². The van der Waals surface area contributed by atoms with E-state index >= 15 is 0 Å². The molecule has 1 aromatic carbocycles. The second-order valence-electron chi connectivity index (χ2n) is 4.26. The Hall–Kier alpha value is -1.04. The van der Waals surface area contributed by atoms with E-state index in [9.17, 15) is 0 Å². The normalized spacial score (nSPS) is 29.8. The first-order valence-electron chi connectivity index (χ1n) is 5.18. The number of hydrogen-bond acceptors (Lipinski definition) is 0. The van der Waals surface area contributed by atoms with Crippen LogP contribution >= 0.6 is 0 Å². The van der Waals surface area contributed by atoms with Gasteiger partial charge in [0.05, 0.1) is 0 Å². The molecule has 0 aromatic heterocycles. The van der Waals surface area contributed by atoms with E-state index in [0.717, 1.165) is 11.8 Å². The zero-order chi connectivity index (χ0) is 8.67. The van der Waals surface area contributed by atoms with Gasteiger partial charge < -0.3 is 0 Å². The predicted molar refractivity (Wildman–Crippen MR) is 54.8 cm³/mol. The molecule has 2 aliphatic rings. The van der Waals surface area contributed by atoms with Crippen molar-refractivity contribution in [1.29, 1.82) is 0 Å². The first-order chi connectivity index (χ1) is 6.43. The molecule has 3 rings (SSSR count). The maximum atomic E-state index is 2.41. The van der Waals surface area contributed by atoms with Crippen molar-refractivity contribution in [3.05, 3.63) is 47.5 Å². The molecular weight excluding hydrogens is 156 g/mol. The van der Waals surface area contributed by atoms with Crippen molar-refractivity contribution < 1.29 is 0 Å². The van der Waals surface area contributed by atoms with E-state index in [1.165, 1.54) is 19.3 Å². The van der Waals surface area contributed by atoms with E-state index in [2.05, 4.69) is 36.4 Å². The van der Waals surface area contributed by atoms with Crippen molar-refractivity contribution in [2.24, 2.45) is 5.92 Å². The molecule has 0 saturated heterocycles. The molecule has 0 amide bonds. The molecule has 2 unspecified atom stereocenters. The molecule has 1 aromatic rings. The van der Waals surface area contributed by atoms with Gasteiger partial charge in [-0.15, -0.1) is 0 Å². The van der Waals surface area contributed by atoms with Gasteiger partial charge in [-0.3, -0.25) is 0 Å². The summed E-state index contributed by atoms with van der Waals surface area (Å²) in [5.74, 6) is 1.65. The van der Waals surface area contributed by atoms with Crippen molar-refractivity contribution >= 4 is 0 Å². The number of rotatable bonds is 0. The van der Waals surface area contributed by atoms with Crippen LogP contribution in [-0.4, -0.2) is 0 Å². The fourth-order valence-corrected chi connectivity index (χ4v) is 2.78. The maximum Gasteiger partial charge on any atom is -0.0119 e. The largest absolute Gasteiger partial charge is 0.0876 e. The topological polar surface area (TPSA) is 0 Å². The lowest BCUT2D eigenvalue weighted by Crippen LogP contribution is -2.19.